The first-order valence-corrected chi connectivity index (χ1v) is 6.33. The number of nitrogens with zero attached hydrogens (tertiary/aromatic N) is 1. The molecule has 0 bridgehead atoms. The van der Waals surface area contributed by atoms with Crippen molar-refractivity contribution in [2.45, 2.75) is 33.1 Å². The molecule has 2 rings (SSSR count). The van der Waals surface area contributed by atoms with Crippen LogP contribution in [0.5, 0.6) is 0 Å². The summed E-state index contributed by atoms with van der Waals surface area (Å²) < 4.78 is 0. The lowest BCUT2D eigenvalue weighted by atomic mass is 10.0. The second-order valence-corrected chi connectivity index (χ2v) is 5.13. The Balaban J connectivity index is 1.86. The van der Waals surface area contributed by atoms with Crippen molar-refractivity contribution in [2.75, 3.05) is 6.54 Å². The highest BCUT2D eigenvalue weighted by Crippen LogP contribution is 2.44. The van der Waals surface area contributed by atoms with Gasteiger partial charge in [-0.3, -0.25) is 4.79 Å². The molecule has 1 N–H and O–H groups in total. The Hall–Kier alpha value is -1.82. The van der Waals surface area contributed by atoms with Gasteiger partial charge in [0.15, 0.2) is 0 Å². The Kier molecular flexibility index (Phi) is 3.38. The number of nitriles is 1. The molecule has 18 heavy (non-hydrogen) atoms. The molecule has 0 atom stereocenters. The van der Waals surface area contributed by atoms with E-state index in [0.29, 0.717) is 19.4 Å². The van der Waals surface area contributed by atoms with Crippen molar-refractivity contribution in [1.82, 2.24) is 5.32 Å². The number of aryl methyl sites for hydroxylation is 2. The van der Waals surface area contributed by atoms with Gasteiger partial charge >= 0.3 is 0 Å². The number of hydrogen-bond donors (Lipinski definition) is 1. The van der Waals surface area contributed by atoms with Crippen LogP contribution in [0.2, 0.25) is 0 Å². The lowest BCUT2D eigenvalue weighted by molar-refractivity contribution is -0.124. The van der Waals surface area contributed by atoms with Crippen LogP contribution in [0.3, 0.4) is 0 Å². The summed E-state index contributed by atoms with van der Waals surface area (Å²) in [5, 5.41) is 11.8. The summed E-state index contributed by atoms with van der Waals surface area (Å²) in [5.41, 5.74) is 3.05. The SMILES string of the molecule is Cc1ccc(CCNC(=O)C2(C#N)CC2)c(C)c1. The van der Waals surface area contributed by atoms with Crippen molar-refractivity contribution in [3.8, 4) is 6.07 Å². The molecular formula is C15H18N2O. The van der Waals surface area contributed by atoms with Gasteiger partial charge in [-0.2, -0.15) is 5.26 Å². The fraction of sp³-hybridized carbons (Fsp3) is 0.467. The van der Waals surface area contributed by atoms with E-state index in [4.69, 9.17) is 5.26 Å². The summed E-state index contributed by atoms with van der Waals surface area (Å²) in [4.78, 5) is 11.8. The van der Waals surface area contributed by atoms with Gasteiger partial charge in [0.1, 0.15) is 5.41 Å². The Morgan fingerprint density at radius 3 is 2.72 bits per heavy atom. The van der Waals surface area contributed by atoms with Gasteiger partial charge in [-0.15, -0.1) is 0 Å². The minimum absolute atomic E-state index is 0.102. The first-order chi connectivity index (χ1) is 8.57. The maximum Gasteiger partial charge on any atom is 0.240 e. The maximum absolute atomic E-state index is 11.8. The van der Waals surface area contributed by atoms with Gasteiger partial charge in [-0.1, -0.05) is 23.8 Å². The first-order valence-electron chi connectivity index (χ1n) is 6.33. The zero-order valence-electron chi connectivity index (χ0n) is 10.9. The summed E-state index contributed by atoms with van der Waals surface area (Å²) in [6.45, 7) is 4.76. The van der Waals surface area contributed by atoms with Crippen molar-refractivity contribution in [3.63, 3.8) is 0 Å². The van der Waals surface area contributed by atoms with Gasteiger partial charge in [-0.05, 0) is 44.2 Å². The second kappa shape index (κ2) is 4.81. The molecule has 1 saturated carbocycles. The van der Waals surface area contributed by atoms with Crippen LogP contribution in [0.15, 0.2) is 18.2 Å². The molecule has 3 nitrogen and oxygen atoms in total. The Labute approximate surface area is 108 Å². The number of hydrogen-bond acceptors (Lipinski definition) is 2. The lowest BCUT2D eigenvalue weighted by Gasteiger charge is -2.10. The normalized spacial score (nSPS) is 15.8. The Morgan fingerprint density at radius 1 is 1.44 bits per heavy atom. The highest BCUT2D eigenvalue weighted by atomic mass is 16.2. The molecule has 0 saturated heterocycles. The van der Waals surface area contributed by atoms with Gasteiger partial charge in [0.2, 0.25) is 5.91 Å². The highest BCUT2D eigenvalue weighted by Gasteiger charge is 2.50. The molecule has 1 aliphatic rings. The van der Waals surface area contributed by atoms with Gasteiger partial charge < -0.3 is 5.32 Å². The third-order valence-electron chi connectivity index (χ3n) is 3.58. The van der Waals surface area contributed by atoms with Crippen LogP contribution >= 0.6 is 0 Å². The smallest absolute Gasteiger partial charge is 0.240 e. The molecule has 0 heterocycles. The number of carbonyl (C=O) groups excluding carboxylic acids is 1. The van der Waals surface area contributed by atoms with Gasteiger partial charge in [0.25, 0.3) is 0 Å². The van der Waals surface area contributed by atoms with Crippen molar-refractivity contribution in [1.29, 1.82) is 5.26 Å². The van der Waals surface area contributed by atoms with Crippen molar-refractivity contribution < 1.29 is 4.79 Å². The standard InChI is InChI=1S/C15H18N2O/c1-11-3-4-13(12(2)9-11)5-8-17-14(18)15(10-16)6-7-15/h3-4,9H,5-8H2,1-2H3,(H,17,18). The Morgan fingerprint density at radius 2 is 2.17 bits per heavy atom. The number of nitrogens with one attached hydrogen (secondary N) is 1. The predicted octanol–water partition coefficient (Wildman–Crippen LogP) is 2.27. The van der Waals surface area contributed by atoms with E-state index >= 15 is 0 Å². The number of carbonyl (C=O) groups is 1. The van der Waals surface area contributed by atoms with E-state index in [2.05, 4.69) is 43.4 Å². The van der Waals surface area contributed by atoms with Gasteiger partial charge in [-0.25, -0.2) is 0 Å². The molecule has 0 unspecified atom stereocenters. The largest absolute Gasteiger partial charge is 0.354 e. The summed E-state index contributed by atoms with van der Waals surface area (Å²) in [6.07, 6.45) is 2.23. The zero-order valence-corrected chi connectivity index (χ0v) is 10.9. The van der Waals surface area contributed by atoms with E-state index in [1.165, 1.54) is 16.7 Å². The molecule has 0 radical (unpaired) electrons. The average molecular weight is 242 g/mol. The highest BCUT2D eigenvalue weighted by molar-refractivity contribution is 5.88. The molecule has 3 heteroatoms. The monoisotopic (exact) mass is 242 g/mol. The quantitative estimate of drug-likeness (QED) is 0.880. The second-order valence-electron chi connectivity index (χ2n) is 5.13. The Bertz CT molecular complexity index is 510. The minimum atomic E-state index is -0.706. The summed E-state index contributed by atoms with van der Waals surface area (Å²) in [5.74, 6) is -0.102. The van der Waals surface area contributed by atoms with Gasteiger partial charge in [0, 0.05) is 6.54 Å². The fourth-order valence-corrected chi connectivity index (χ4v) is 2.12. The molecule has 1 fully saturated rings. The van der Waals surface area contributed by atoms with Crippen molar-refractivity contribution in [3.05, 3.63) is 34.9 Å². The summed E-state index contributed by atoms with van der Waals surface area (Å²) >= 11 is 0. The molecule has 0 aromatic heterocycles. The third-order valence-corrected chi connectivity index (χ3v) is 3.58. The van der Waals surface area contributed by atoms with Gasteiger partial charge in [0.05, 0.1) is 6.07 Å². The lowest BCUT2D eigenvalue weighted by Crippen LogP contribution is -2.32. The zero-order chi connectivity index (χ0) is 13.2. The van der Waals surface area contributed by atoms with Crippen LogP contribution in [0.4, 0.5) is 0 Å². The number of amides is 1. The molecular weight excluding hydrogens is 224 g/mol. The number of benzene rings is 1. The molecule has 1 aliphatic carbocycles. The topological polar surface area (TPSA) is 52.9 Å². The van der Waals surface area contributed by atoms with Crippen LogP contribution in [-0.4, -0.2) is 12.5 Å². The third kappa shape index (κ3) is 2.53. The molecule has 94 valence electrons. The number of rotatable bonds is 4. The average Bonchev–Trinajstić information content (AvgIpc) is 3.12. The van der Waals surface area contributed by atoms with Crippen LogP contribution in [0.25, 0.3) is 0 Å². The van der Waals surface area contributed by atoms with Crippen LogP contribution in [0, 0.1) is 30.6 Å². The minimum Gasteiger partial charge on any atom is -0.354 e. The van der Waals surface area contributed by atoms with E-state index in [1.54, 1.807) is 0 Å². The summed E-state index contributed by atoms with van der Waals surface area (Å²) in [6, 6.07) is 8.45. The van der Waals surface area contributed by atoms with Crippen LogP contribution in [-0.2, 0) is 11.2 Å². The van der Waals surface area contributed by atoms with Crippen LogP contribution < -0.4 is 5.32 Å². The van der Waals surface area contributed by atoms with Crippen molar-refractivity contribution >= 4 is 5.91 Å². The predicted molar refractivity (Wildman–Crippen MR) is 69.9 cm³/mol. The fourth-order valence-electron chi connectivity index (χ4n) is 2.12. The molecule has 1 aromatic carbocycles. The molecule has 0 spiro atoms. The molecule has 1 aromatic rings. The van der Waals surface area contributed by atoms with E-state index in [9.17, 15) is 4.79 Å². The van der Waals surface area contributed by atoms with E-state index in [0.717, 1.165) is 6.42 Å². The molecule has 1 amide bonds. The first kappa shape index (κ1) is 12.6. The van der Waals surface area contributed by atoms with E-state index in [-0.39, 0.29) is 5.91 Å². The maximum atomic E-state index is 11.8. The van der Waals surface area contributed by atoms with Crippen molar-refractivity contribution in [2.24, 2.45) is 5.41 Å². The van der Waals surface area contributed by atoms with E-state index < -0.39 is 5.41 Å². The van der Waals surface area contributed by atoms with Crippen LogP contribution in [0.1, 0.15) is 29.5 Å². The van der Waals surface area contributed by atoms with E-state index in [1.807, 2.05) is 0 Å². The molecule has 0 aliphatic heterocycles. The summed E-state index contributed by atoms with van der Waals surface area (Å²) in [7, 11) is 0.